The average molecular weight is 355 g/mol. The molecule has 120 valence electrons. The summed E-state index contributed by atoms with van der Waals surface area (Å²) in [6.07, 6.45) is 3.55. The number of benzene rings is 2. The Morgan fingerprint density at radius 3 is 2.17 bits per heavy atom. The van der Waals surface area contributed by atoms with E-state index >= 15 is 0 Å². The summed E-state index contributed by atoms with van der Waals surface area (Å²) in [7, 11) is -3.94. The maximum Gasteiger partial charge on any atom is 0.188 e. The van der Waals surface area contributed by atoms with Crippen molar-refractivity contribution in [3.63, 3.8) is 0 Å². The van der Waals surface area contributed by atoms with E-state index in [1.54, 1.807) is 12.2 Å². The van der Waals surface area contributed by atoms with E-state index in [0.29, 0.717) is 5.02 Å². The zero-order chi connectivity index (χ0) is 16.7. The molecule has 0 bridgehead atoms. The third kappa shape index (κ3) is 2.58. The predicted octanol–water partition coefficient (Wildman–Crippen LogP) is 4.64. The molecule has 0 fully saturated rings. The first kappa shape index (κ1) is 16.1. The molecule has 23 heavy (non-hydrogen) atoms. The van der Waals surface area contributed by atoms with E-state index < -0.39 is 26.2 Å². The molecule has 2 nitrogen and oxygen atoms in total. The highest BCUT2D eigenvalue weighted by atomic mass is 35.5. The molecule has 0 atom stereocenters. The summed E-state index contributed by atoms with van der Waals surface area (Å²) in [5.74, 6) is -1.40. The molecule has 2 aromatic carbocycles. The van der Waals surface area contributed by atoms with Crippen molar-refractivity contribution in [2.24, 2.45) is 0 Å². The maximum atomic E-state index is 14.3. The van der Waals surface area contributed by atoms with Gasteiger partial charge in [-0.2, -0.15) is 0 Å². The molecule has 0 spiro atoms. The standard InChI is InChI=1S/C17H13ClF2O2S/c18-12-3-6-14(7-4-12)23(21,22)17(9-1-2-10-17)15-11-13(19)5-8-16(15)20/h1-8,11H,9-10H2. The number of hydrogen-bond acceptors (Lipinski definition) is 2. The van der Waals surface area contributed by atoms with E-state index in [1.807, 2.05) is 0 Å². The summed E-state index contributed by atoms with van der Waals surface area (Å²) in [6.45, 7) is 0. The van der Waals surface area contributed by atoms with Crippen molar-refractivity contribution in [3.05, 3.63) is 76.8 Å². The quantitative estimate of drug-likeness (QED) is 0.753. The first-order valence-corrected chi connectivity index (χ1v) is 8.84. The highest BCUT2D eigenvalue weighted by Gasteiger charge is 2.48. The third-order valence-electron chi connectivity index (χ3n) is 4.12. The third-order valence-corrected chi connectivity index (χ3v) is 6.85. The minimum Gasteiger partial charge on any atom is -0.223 e. The van der Waals surface area contributed by atoms with Crippen LogP contribution in [0.3, 0.4) is 0 Å². The van der Waals surface area contributed by atoms with Crippen molar-refractivity contribution in [1.82, 2.24) is 0 Å². The van der Waals surface area contributed by atoms with Crippen molar-refractivity contribution in [2.45, 2.75) is 22.5 Å². The van der Waals surface area contributed by atoms with Gasteiger partial charge in [0.2, 0.25) is 0 Å². The summed E-state index contributed by atoms with van der Waals surface area (Å²) in [4.78, 5) is 0.0364. The molecule has 0 heterocycles. The summed E-state index contributed by atoms with van der Waals surface area (Å²) in [6, 6.07) is 8.60. The summed E-state index contributed by atoms with van der Waals surface area (Å²) in [5.41, 5.74) is -0.141. The Hall–Kier alpha value is -1.72. The molecule has 0 aliphatic heterocycles. The Labute approximate surface area is 138 Å². The molecular formula is C17H13ClF2O2S. The molecule has 0 aromatic heterocycles. The monoisotopic (exact) mass is 354 g/mol. The van der Waals surface area contributed by atoms with Gasteiger partial charge in [-0.05, 0) is 55.3 Å². The van der Waals surface area contributed by atoms with Gasteiger partial charge in [-0.25, -0.2) is 17.2 Å². The van der Waals surface area contributed by atoms with Crippen LogP contribution in [0.5, 0.6) is 0 Å². The number of sulfone groups is 1. The van der Waals surface area contributed by atoms with Crippen LogP contribution in [0.2, 0.25) is 5.02 Å². The maximum absolute atomic E-state index is 14.3. The van der Waals surface area contributed by atoms with Crippen LogP contribution in [0.15, 0.2) is 59.5 Å². The fraction of sp³-hybridized carbons (Fsp3) is 0.176. The van der Waals surface area contributed by atoms with E-state index in [-0.39, 0.29) is 23.3 Å². The predicted molar refractivity (Wildman–Crippen MR) is 85.0 cm³/mol. The van der Waals surface area contributed by atoms with Crippen molar-refractivity contribution < 1.29 is 17.2 Å². The smallest absolute Gasteiger partial charge is 0.188 e. The van der Waals surface area contributed by atoms with Crippen LogP contribution in [0.1, 0.15) is 18.4 Å². The van der Waals surface area contributed by atoms with Crippen molar-refractivity contribution in [2.75, 3.05) is 0 Å². The van der Waals surface area contributed by atoms with Gasteiger partial charge < -0.3 is 0 Å². The normalized spacial score (nSPS) is 16.7. The van der Waals surface area contributed by atoms with Gasteiger partial charge >= 0.3 is 0 Å². The Morgan fingerprint density at radius 1 is 0.957 bits per heavy atom. The molecule has 2 aromatic rings. The summed E-state index contributed by atoms with van der Waals surface area (Å²) in [5, 5.41) is 0.402. The minimum absolute atomic E-state index is 0.0364. The zero-order valence-electron chi connectivity index (χ0n) is 12.0. The fourth-order valence-electron chi connectivity index (χ4n) is 2.90. The molecule has 0 unspecified atom stereocenters. The fourth-order valence-corrected chi connectivity index (χ4v) is 5.05. The van der Waals surface area contributed by atoms with Gasteiger partial charge in [0.15, 0.2) is 9.84 Å². The topological polar surface area (TPSA) is 34.1 Å². The van der Waals surface area contributed by atoms with Crippen LogP contribution in [-0.2, 0) is 14.6 Å². The lowest BCUT2D eigenvalue weighted by Gasteiger charge is -2.30. The number of allylic oxidation sites excluding steroid dienone is 2. The van der Waals surface area contributed by atoms with E-state index in [0.717, 1.165) is 18.2 Å². The summed E-state index contributed by atoms with van der Waals surface area (Å²) >= 11 is 5.80. The molecule has 0 radical (unpaired) electrons. The highest BCUT2D eigenvalue weighted by molar-refractivity contribution is 7.92. The zero-order valence-corrected chi connectivity index (χ0v) is 13.5. The second-order valence-electron chi connectivity index (χ2n) is 5.46. The molecule has 0 saturated carbocycles. The van der Waals surface area contributed by atoms with Gasteiger partial charge in [-0.15, -0.1) is 0 Å². The van der Waals surface area contributed by atoms with Gasteiger partial charge in [-0.1, -0.05) is 23.8 Å². The first-order valence-electron chi connectivity index (χ1n) is 6.97. The van der Waals surface area contributed by atoms with Crippen molar-refractivity contribution in [1.29, 1.82) is 0 Å². The van der Waals surface area contributed by atoms with E-state index in [2.05, 4.69) is 0 Å². The second-order valence-corrected chi connectivity index (χ2v) is 8.15. The Balaban J connectivity index is 2.22. The number of hydrogen-bond donors (Lipinski definition) is 0. The average Bonchev–Trinajstić information content (AvgIpc) is 3.01. The molecule has 1 aliphatic rings. The van der Waals surface area contributed by atoms with Gasteiger partial charge in [-0.3, -0.25) is 0 Å². The van der Waals surface area contributed by atoms with Gasteiger partial charge in [0, 0.05) is 10.6 Å². The number of halogens is 3. The highest BCUT2D eigenvalue weighted by Crippen LogP contribution is 2.46. The Kier molecular flexibility index (Phi) is 4.02. The van der Waals surface area contributed by atoms with E-state index in [9.17, 15) is 17.2 Å². The molecule has 3 rings (SSSR count). The number of rotatable bonds is 3. The van der Waals surface area contributed by atoms with Crippen LogP contribution < -0.4 is 0 Å². The van der Waals surface area contributed by atoms with Crippen LogP contribution in [0.4, 0.5) is 8.78 Å². The SMILES string of the molecule is O=S(=O)(c1ccc(Cl)cc1)C1(c2cc(F)ccc2F)CC=CC1. The second kappa shape index (κ2) is 5.73. The summed E-state index contributed by atoms with van der Waals surface area (Å²) < 4.78 is 52.7. The first-order chi connectivity index (χ1) is 10.9. The molecular weight excluding hydrogens is 342 g/mol. The lowest BCUT2D eigenvalue weighted by atomic mass is 9.95. The van der Waals surface area contributed by atoms with Gasteiger partial charge in [0.05, 0.1) is 4.90 Å². The van der Waals surface area contributed by atoms with Crippen LogP contribution in [0.25, 0.3) is 0 Å². The van der Waals surface area contributed by atoms with Crippen molar-refractivity contribution in [3.8, 4) is 0 Å². The van der Waals surface area contributed by atoms with E-state index in [1.165, 1.54) is 24.3 Å². The molecule has 1 aliphatic carbocycles. The molecule has 6 heteroatoms. The molecule has 0 N–H and O–H groups in total. The Morgan fingerprint density at radius 2 is 1.57 bits per heavy atom. The minimum atomic E-state index is -3.94. The largest absolute Gasteiger partial charge is 0.223 e. The van der Waals surface area contributed by atoms with Crippen molar-refractivity contribution >= 4 is 21.4 Å². The Bertz CT molecular complexity index is 866. The molecule has 0 amide bonds. The van der Waals surface area contributed by atoms with Crippen LogP contribution in [0, 0.1) is 11.6 Å². The molecule has 0 saturated heterocycles. The van der Waals surface area contributed by atoms with E-state index in [4.69, 9.17) is 11.6 Å². The van der Waals surface area contributed by atoms with Crippen LogP contribution in [-0.4, -0.2) is 8.42 Å². The van der Waals surface area contributed by atoms with Gasteiger partial charge in [0.1, 0.15) is 16.4 Å². The van der Waals surface area contributed by atoms with Crippen LogP contribution >= 0.6 is 11.6 Å². The lowest BCUT2D eigenvalue weighted by Crippen LogP contribution is -2.34. The van der Waals surface area contributed by atoms with Gasteiger partial charge in [0.25, 0.3) is 0 Å². The lowest BCUT2D eigenvalue weighted by molar-refractivity contribution is 0.502.